The van der Waals surface area contributed by atoms with E-state index >= 15 is 0 Å². The first-order valence-corrected chi connectivity index (χ1v) is 7.88. The number of Topliss-reactive ketones (excluding diaryl/α,β-unsaturated/α-hetero) is 1. The summed E-state index contributed by atoms with van der Waals surface area (Å²) in [6.07, 6.45) is 7.66. The van der Waals surface area contributed by atoms with Crippen molar-refractivity contribution < 1.29 is 9.53 Å². The van der Waals surface area contributed by atoms with Gasteiger partial charge in [-0.05, 0) is 49.9 Å². The number of benzene rings is 1. The van der Waals surface area contributed by atoms with E-state index in [-0.39, 0.29) is 11.5 Å². The standard InChI is InChI=1S/C18H24O2/c1-13-9-14(2)11-15(10-13)20-17-12-16(19)18(17)7-5-3-4-6-8-18/h9-11,17H,3-8,12H2,1-2H3. The number of rotatable bonds is 2. The normalized spacial score (nSPS) is 25.1. The van der Waals surface area contributed by atoms with E-state index in [1.807, 2.05) is 0 Å². The van der Waals surface area contributed by atoms with Crippen LogP contribution in [0, 0.1) is 19.3 Å². The highest BCUT2D eigenvalue weighted by molar-refractivity contribution is 5.92. The number of hydrogen-bond donors (Lipinski definition) is 0. The average Bonchev–Trinajstić information content (AvgIpc) is 2.65. The largest absolute Gasteiger partial charge is 0.489 e. The maximum atomic E-state index is 12.2. The van der Waals surface area contributed by atoms with Crippen molar-refractivity contribution in [2.75, 3.05) is 0 Å². The topological polar surface area (TPSA) is 26.3 Å². The van der Waals surface area contributed by atoms with Crippen LogP contribution in [-0.4, -0.2) is 11.9 Å². The SMILES string of the molecule is Cc1cc(C)cc(OC2CC(=O)C23CCCCCC3)c1. The molecule has 2 nitrogen and oxygen atoms in total. The lowest BCUT2D eigenvalue weighted by Gasteiger charge is -2.47. The van der Waals surface area contributed by atoms with Gasteiger partial charge in [-0.2, -0.15) is 0 Å². The fourth-order valence-corrected chi connectivity index (χ4v) is 3.90. The van der Waals surface area contributed by atoms with E-state index in [0.29, 0.717) is 12.2 Å². The Morgan fingerprint density at radius 3 is 2.15 bits per heavy atom. The summed E-state index contributed by atoms with van der Waals surface area (Å²) in [5.41, 5.74) is 2.29. The van der Waals surface area contributed by atoms with Crippen molar-refractivity contribution in [3.05, 3.63) is 29.3 Å². The second-order valence-electron chi connectivity index (χ2n) is 6.63. The second-order valence-corrected chi connectivity index (χ2v) is 6.63. The van der Waals surface area contributed by atoms with Gasteiger partial charge in [-0.1, -0.05) is 31.7 Å². The summed E-state index contributed by atoms with van der Waals surface area (Å²) in [6, 6.07) is 6.32. The molecule has 3 rings (SSSR count). The molecule has 0 saturated heterocycles. The highest BCUT2D eigenvalue weighted by atomic mass is 16.5. The van der Waals surface area contributed by atoms with Gasteiger partial charge < -0.3 is 4.74 Å². The lowest BCUT2D eigenvalue weighted by atomic mass is 9.60. The fraction of sp³-hybridized carbons (Fsp3) is 0.611. The van der Waals surface area contributed by atoms with Crippen LogP contribution in [-0.2, 0) is 4.79 Å². The van der Waals surface area contributed by atoms with Gasteiger partial charge in [0.1, 0.15) is 17.6 Å². The molecule has 1 spiro atoms. The third-order valence-electron chi connectivity index (χ3n) is 5.01. The highest BCUT2D eigenvalue weighted by Gasteiger charge is 2.55. The fourth-order valence-electron chi connectivity index (χ4n) is 3.90. The molecule has 0 aliphatic heterocycles. The predicted molar refractivity (Wildman–Crippen MR) is 80.1 cm³/mol. The van der Waals surface area contributed by atoms with Gasteiger partial charge in [0, 0.05) is 6.42 Å². The van der Waals surface area contributed by atoms with Crippen molar-refractivity contribution in [2.24, 2.45) is 5.41 Å². The summed E-state index contributed by atoms with van der Waals surface area (Å²) in [6.45, 7) is 4.18. The first-order valence-electron chi connectivity index (χ1n) is 7.88. The summed E-state index contributed by atoms with van der Waals surface area (Å²) in [4.78, 5) is 12.2. The van der Waals surface area contributed by atoms with Crippen LogP contribution in [0.2, 0.25) is 0 Å². The summed E-state index contributed by atoms with van der Waals surface area (Å²) in [5, 5.41) is 0. The summed E-state index contributed by atoms with van der Waals surface area (Å²) in [5.74, 6) is 1.37. The van der Waals surface area contributed by atoms with E-state index in [4.69, 9.17) is 4.74 Å². The Morgan fingerprint density at radius 2 is 1.60 bits per heavy atom. The van der Waals surface area contributed by atoms with Crippen LogP contribution in [0.4, 0.5) is 0 Å². The first-order chi connectivity index (χ1) is 9.60. The van der Waals surface area contributed by atoms with Gasteiger partial charge in [-0.25, -0.2) is 0 Å². The van der Waals surface area contributed by atoms with E-state index in [2.05, 4.69) is 32.0 Å². The Kier molecular flexibility index (Phi) is 3.57. The van der Waals surface area contributed by atoms with Crippen LogP contribution in [0.15, 0.2) is 18.2 Å². The van der Waals surface area contributed by atoms with Crippen molar-refractivity contribution in [2.45, 2.75) is 64.9 Å². The van der Waals surface area contributed by atoms with Crippen LogP contribution in [0.1, 0.15) is 56.1 Å². The van der Waals surface area contributed by atoms with Crippen LogP contribution < -0.4 is 4.74 Å². The van der Waals surface area contributed by atoms with Crippen LogP contribution in [0.25, 0.3) is 0 Å². The molecule has 108 valence electrons. The Morgan fingerprint density at radius 1 is 1.00 bits per heavy atom. The van der Waals surface area contributed by atoms with Gasteiger partial charge in [0.25, 0.3) is 0 Å². The molecule has 0 bridgehead atoms. The highest BCUT2D eigenvalue weighted by Crippen LogP contribution is 2.49. The minimum atomic E-state index is -0.159. The number of ketones is 1. The molecule has 2 fully saturated rings. The van der Waals surface area contributed by atoms with E-state index < -0.39 is 0 Å². The van der Waals surface area contributed by atoms with Crippen LogP contribution in [0.5, 0.6) is 5.75 Å². The smallest absolute Gasteiger partial charge is 0.146 e. The molecular formula is C18H24O2. The van der Waals surface area contributed by atoms with Crippen molar-refractivity contribution in [1.29, 1.82) is 0 Å². The molecule has 2 heteroatoms. The van der Waals surface area contributed by atoms with Crippen molar-refractivity contribution >= 4 is 5.78 Å². The van der Waals surface area contributed by atoms with Gasteiger partial charge in [-0.3, -0.25) is 4.79 Å². The third-order valence-corrected chi connectivity index (χ3v) is 5.01. The van der Waals surface area contributed by atoms with Gasteiger partial charge in [0.2, 0.25) is 0 Å². The lowest BCUT2D eigenvalue weighted by molar-refractivity contribution is -0.154. The molecule has 0 amide bonds. The number of aryl methyl sites for hydroxylation is 2. The molecule has 1 atom stereocenters. The summed E-state index contributed by atoms with van der Waals surface area (Å²) >= 11 is 0. The molecule has 2 aliphatic rings. The predicted octanol–water partition coefficient (Wildman–Crippen LogP) is 4.36. The molecule has 1 aromatic rings. The molecule has 20 heavy (non-hydrogen) atoms. The van der Waals surface area contributed by atoms with E-state index in [1.54, 1.807) is 0 Å². The zero-order chi connectivity index (χ0) is 14.2. The zero-order valence-electron chi connectivity index (χ0n) is 12.6. The number of hydrogen-bond acceptors (Lipinski definition) is 2. The number of ether oxygens (including phenoxy) is 1. The van der Waals surface area contributed by atoms with E-state index in [0.717, 1.165) is 18.6 Å². The zero-order valence-corrected chi connectivity index (χ0v) is 12.6. The Bertz CT molecular complexity index is 490. The molecule has 0 radical (unpaired) electrons. The van der Waals surface area contributed by atoms with Crippen LogP contribution in [0.3, 0.4) is 0 Å². The Balaban J connectivity index is 1.78. The number of carbonyl (C=O) groups excluding carboxylic acids is 1. The minimum Gasteiger partial charge on any atom is -0.489 e. The monoisotopic (exact) mass is 272 g/mol. The number of carbonyl (C=O) groups is 1. The minimum absolute atomic E-state index is 0.106. The molecule has 0 heterocycles. The first kappa shape index (κ1) is 13.7. The molecule has 1 unspecified atom stereocenters. The van der Waals surface area contributed by atoms with Crippen LogP contribution >= 0.6 is 0 Å². The average molecular weight is 272 g/mol. The van der Waals surface area contributed by atoms with E-state index in [9.17, 15) is 4.79 Å². The lowest BCUT2D eigenvalue weighted by Crippen LogP contribution is -2.56. The molecule has 0 aromatic heterocycles. The molecule has 0 N–H and O–H groups in total. The Hall–Kier alpha value is -1.31. The van der Waals surface area contributed by atoms with Crippen molar-refractivity contribution in [3.8, 4) is 5.75 Å². The summed E-state index contributed by atoms with van der Waals surface area (Å²) in [7, 11) is 0. The van der Waals surface area contributed by atoms with Gasteiger partial charge >= 0.3 is 0 Å². The van der Waals surface area contributed by atoms with Gasteiger partial charge in [0.15, 0.2) is 0 Å². The summed E-state index contributed by atoms with van der Waals surface area (Å²) < 4.78 is 6.21. The second kappa shape index (κ2) is 5.23. The molecule has 1 aromatic carbocycles. The van der Waals surface area contributed by atoms with Gasteiger partial charge in [0.05, 0.1) is 5.41 Å². The molecule has 2 saturated carbocycles. The Labute approximate surface area is 121 Å². The molecular weight excluding hydrogens is 248 g/mol. The van der Waals surface area contributed by atoms with Gasteiger partial charge in [-0.15, -0.1) is 0 Å². The van der Waals surface area contributed by atoms with Crippen molar-refractivity contribution in [3.63, 3.8) is 0 Å². The molecule has 2 aliphatic carbocycles. The quantitative estimate of drug-likeness (QED) is 0.799. The maximum absolute atomic E-state index is 12.2. The maximum Gasteiger partial charge on any atom is 0.146 e. The van der Waals surface area contributed by atoms with E-state index in [1.165, 1.54) is 36.8 Å². The third kappa shape index (κ3) is 2.36. The van der Waals surface area contributed by atoms with Crippen molar-refractivity contribution in [1.82, 2.24) is 0 Å².